The Morgan fingerprint density at radius 2 is 1.72 bits per heavy atom. The summed E-state index contributed by atoms with van der Waals surface area (Å²) in [6.07, 6.45) is -3.59. The van der Waals surface area contributed by atoms with Crippen LogP contribution in [0.4, 0.5) is 18.9 Å². The van der Waals surface area contributed by atoms with Gasteiger partial charge in [-0.25, -0.2) is 0 Å². The predicted octanol–water partition coefficient (Wildman–Crippen LogP) is 4.63. The topological polar surface area (TPSA) is 29.1 Å². The third kappa shape index (κ3) is 7.17. The van der Waals surface area contributed by atoms with Crippen molar-refractivity contribution in [3.63, 3.8) is 0 Å². The predicted molar refractivity (Wildman–Crippen MR) is 69.1 cm³/mol. The minimum Gasteiger partial charge on any atom is -0.387 e. The van der Waals surface area contributed by atoms with Crippen molar-refractivity contribution < 1.29 is 18.0 Å². The molecule has 2 nitrogen and oxygen atoms in total. The van der Waals surface area contributed by atoms with Crippen LogP contribution in [0.5, 0.6) is 0 Å². The zero-order valence-electron chi connectivity index (χ0n) is 10.7. The summed E-state index contributed by atoms with van der Waals surface area (Å²) in [5.74, 6) is 0. The standard InChI is InChI=1S/C8H7ClF3N.C2H4O.C2H6/c1-13-7-3-2-5(4-6(7)9)8(10,11)12;1-2-3;1-2/h2-4,13H,1H3;2H,1H3;1-2H3. The molecule has 6 heteroatoms. The maximum absolute atomic E-state index is 12.1. The largest absolute Gasteiger partial charge is 0.416 e. The molecule has 0 saturated heterocycles. The van der Waals surface area contributed by atoms with Gasteiger partial charge in [-0.1, -0.05) is 25.4 Å². The highest BCUT2D eigenvalue weighted by atomic mass is 35.5. The highest BCUT2D eigenvalue weighted by molar-refractivity contribution is 6.33. The molecule has 0 atom stereocenters. The zero-order valence-corrected chi connectivity index (χ0v) is 11.5. The van der Waals surface area contributed by atoms with Crippen molar-refractivity contribution in [3.8, 4) is 0 Å². The number of anilines is 1. The van der Waals surface area contributed by atoms with E-state index in [0.29, 0.717) is 5.69 Å². The molecular formula is C12H17ClF3NO. The van der Waals surface area contributed by atoms with E-state index in [9.17, 15) is 13.2 Å². The molecule has 0 aromatic heterocycles. The second-order valence-corrected chi connectivity index (χ2v) is 3.09. The van der Waals surface area contributed by atoms with E-state index in [1.807, 2.05) is 13.8 Å². The van der Waals surface area contributed by atoms with E-state index in [4.69, 9.17) is 16.4 Å². The van der Waals surface area contributed by atoms with E-state index in [1.165, 1.54) is 13.0 Å². The summed E-state index contributed by atoms with van der Waals surface area (Å²) >= 11 is 5.57. The van der Waals surface area contributed by atoms with Gasteiger partial charge in [0.1, 0.15) is 6.29 Å². The fourth-order valence-electron chi connectivity index (χ4n) is 0.894. The maximum Gasteiger partial charge on any atom is 0.416 e. The molecule has 0 aliphatic heterocycles. The molecule has 0 heterocycles. The molecule has 0 bridgehead atoms. The van der Waals surface area contributed by atoms with Gasteiger partial charge in [-0.2, -0.15) is 13.2 Å². The van der Waals surface area contributed by atoms with Crippen molar-refractivity contribution in [2.45, 2.75) is 26.9 Å². The van der Waals surface area contributed by atoms with Gasteiger partial charge >= 0.3 is 6.18 Å². The van der Waals surface area contributed by atoms with E-state index in [-0.39, 0.29) is 5.02 Å². The Morgan fingerprint density at radius 3 is 2.00 bits per heavy atom. The number of carbonyl (C=O) groups is 1. The van der Waals surface area contributed by atoms with E-state index in [1.54, 1.807) is 7.05 Å². The smallest absolute Gasteiger partial charge is 0.387 e. The van der Waals surface area contributed by atoms with Crippen LogP contribution < -0.4 is 5.32 Å². The van der Waals surface area contributed by atoms with Gasteiger partial charge in [0, 0.05) is 7.05 Å². The lowest BCUT2D eigenvalue weighted by Gasteiger charge is -2.09. The molecule has 1 aromatic rings. The van der Waals surface area contributed by atoms with Crippen molar-refractivity contribution in [2.24, 2.45) is 0 Å². The molecule has 0 aliphatic carbocycles. The first-order valence-electron chi connectivity index (χ1n) is 5.31. The summed E-state index contributed by atoms with van der Waals surface area (Å²) in [6.45, 7) is 5.44. The fraction of sp³-hybridized carbons (Fsp3) is 0.417. The van der Waals surface area contributed by atoms with Gasteiger partial charge in [0.05, 0.1) is 16.3 Å². The van der Waals surface area contributed by atoms with Crippen molar-refractivity contribution in [1.29, 1.82) is 0 Å². The minimum atomic E-state index is -4.34. The number of hydrogen-bond acceptors (Lipinski definition) is 2. The normalized spacial score (nSPS) is 9.33. The lowest BCUT2D eigenvalue weighted by atomic mass is 10.2. The average molecular weight is 284 g/mol. The zero-order chi connectivity index (χ0) is 14.8. The first-order valence-corrected chi connectivity index (χ1v) is 5.68. The van der Waals surface area contributed by atoms with Crippen molar-refractivity contribution in [3.05, 3.63) is 28.8 Å². The Hall–Kier alpha value is -1.23. The SMILES string of the molecule is CC.CC=O.CNc1ccc(C(F)(F)F)cc1Cl. The van der Waals surface area contributed by atoms with E-state index >= 15 is 0 Å². The lowest BCUT2D eigenvalue weighted by Crippen LogP contribution is -2.04. The Morgan fingerprint density at radius 1 is 1.28 bits per heavy atom. The van der Waals surface area contributed by atoms with Crippen molar-refractivity contribution >= 4 is 23.6 Å². The highest BCUT2D eigenvalue weighted by Gasteiger charge is 2.30. The molecule has 0 radical (unpaired) electrons. The Kier molecular flexibility index (Phi) is 10.4. The molecule has 1 aromatic carbocycles. The van der Waals surface area contributed by atoms with Gasteiger partial charge in [-0.05, 0) is 25.1 Å². The number of alkyl halides is 3. The van der Waals surface area contributed by atoms with Gasteiger partial charge in [-0.3, -0.25) is 0 Å². The Bertz CT molecular complexity index is 354. The lowest BCUT2D eigenvalue weighted by molar-refractivity contribution is -0.137. The van der Waals surface area contributed by atoms with E-state index in [2.05, 4.69) is 5.32 Å². The fourth-order valence-corrected chi connectivity index (χ4v) is 1.17. The Balaban J connectivity index is 0. The van der Waals surface area contributed by atoms with Crippen LogP contribution in [-0.4, -0.2) is 13.3 Å². The highest BCUT2D eigenvalue weighted by Crippen LogP contribution is 2.33. The van der Waals surface area contributed by atoms with Crippen LogP contribution in [-0.2, 0) is 11.0 Å². The van der Waals surface area contributed by atoms with Gasteiger partial charge in [0.2, 0.25) is 0 Å². The summed E-state index contributed by atoms with van der Waals surface area (Å²) in [5, 5.41) is 2.74. The number of rotatable bonds is 1. The molecule has 0 aliphatic rings. The van der Waals surface area contributed by atoms with Crippen LogP contribution in [0.25, 0.3) is 0 Å². The molecule has 0 unspecified atom stereocenters. The molecule has 0 amide bonds. The summed E-state index contributed by atoms with van der Waals surface area (Å²) in [4.78, 5) is 8.81. The minimum absolute atomic E-state index is 0.0670. The van der Waals surface area contributed by atoms with Crippen molar-refractivity contribution in [1.82, 2.24) is 0 Å². The quantitative estimate of drug-likeness (QED) is 0.761. The molecule has 1 rings (SSSR count). The molecule has 0 spiro atoms. The van der Waals surface area contributed by atoms with E-state index < -0.39 is 11.7 Å². The second-order valence-electron chi connectivity index (χ2n) is 2.68. The first kappa shape index (κ1) is 19.1. The van der Waals surface area contributed by atoms with Gasteiger partial charge in [0.25, 0.3) is 0 Å². The van der Waals surface area contributed by atoms with E-state index in [0.717, 1.165) is 18.4 Å². The van der Waals surface area contributed by atoms with Crippen molar-refractivity contribution in [2.75, 3.05) is 12.4 Å². The number of carbonyl (C=O) groups excluding carboxylic acids is 1. The third-order valence-electron chi connectivity index (χ3n) is 1.57. The third-order valence-corrected chi connectivity index (χ3v) is 1.88. The number of halogens is 4. The van der Waals surface area contributed by atoms with Gasteiger partial charge in [0.15, 0.2) is 0 Å². The monoisotopic (exact) mass is 283 g/mol. The van der Waals surface area contributed by atoms with Crippen LogP contribution in [0.2, 0.25) is 5.02 Å². The maximum atomic E-state index is 12.1. The first-order chi connectivity index (χ1) is 8.36. The Labute approximate surface area is 110 Å². The van der Waals surface area contributed by atoms with Crippen LogP contribution >= 0.6 is 11.6 Å². The number of hydrogen-bond donors (Lipinski definition) is 1. The summed E-state index contributed by atoms with van der Waals surface area (Å²) in [7, 11) is 1.59. The van der Waals surface area contributed by atoms with Gasteiger partial charge < -0.3 is 10.1 Å². The van der Waals surface area contributed by atoms with Crippen LogP contribution in [0.3, 0.4) is 0 Å². The molecular weight excluding hydrogens is 267 g/mol. The molecule has 0 saturated carbocycles. The summed E-state index contributed by atoms with van der Waals surface area (Å²) in [5.41, 5.74) is -0.258. The van der Waals surface area contributed by atoms with Crippen LogP contribution in [0.1, 0.15) is 26.3 Å². The second kappa shape index (κ2) is 9.76. The molecule has 18 heavy (non-hydrogen) atoms. The summed E-state index contributed by atoms with van der Waals surface area (Å²) in [6, 6.07) is 3.18. The number of nitrogens with one attached hydrogen (secondary N) is 1. The van der Waals surface area contributed by atoms with Gasteiger partial charge in [-0.15, -0.1) is 0 Å². The molecule has 104 valence electrons. The molecule has 0 fully saturated rings. The molecule has 1 N–H and O–H groups in total. The summed E-state index contributed by atoms with van der Waals surface area (Å²) < 4.78 is 36.4. The van der Waals surface area contributed by atoms with Crippen LogP contribution in [0.15, 0.2) is 18.2 Å². The number of benzene rings is 1. The van der Waals surface area contributed by atoms with Crippen LogP contribution in [0, 0.1) is 0 Å². The average Bonchev–Trinajstić information content (AvgIpc) is 2.31. The number of aldehydes is 1.